The highest BCUT2D eigenvalue weighted by Gasteiger charge is 2.51. The molecule has 0 amide bonds. The summed E-state index contributed by atoms with van der Waals surface area (Å²) in [6.45, 7) is 10.3. The van der Waals surface area contributed by atoms with Crippen LogP contribution in [0, 0.1) is 22.7 Å². The molecule has 0 aromatic heterocycles. The highest BCUT2D eigenvalue weighted by Crippen LogP contribution is 2.60. The SMILES string of the molecule is CC1CC(C)(C)CC(c2ccc(O)cc2)(c2ccc(O)cc2)C1.CC1CC(C)(C)CC(c2ccc(OP(=O)(Oc3ccccc3)Oc3ccccc3)cc2)(c2ccc(O[P+](O)(Oc3ccccc3)Oc3ccccc3)cc2)C1.O=P(Cl)(Oc1ccccc1)Oc1ccccc1. The summed E-state index contributed by atoms with van der Waals surface area (Å²) < 4.78 is 72.1. The van der Waals surface area contributed by atoms with Crippen LogP contribution in [0.25, 0.3) is 0 Å². The van der Waals surface area contributed by atoms with Crippen LogP contribution in [0.15, 0.2) is 279 Å². The van der Waals surface area contributed by atoms with Gasteiger partial charge in [-0.1, -0.05) is 199 Å². The summed E-state index contributed by atoms with van der Waals surface area (Å²) in [4.78, 5) is 11.7. The van der Waals surface area contributed by atoms with E-state index in [1.807, 2.05) is 97.1 Å². The van der Waals surface area contributed by atoms with E-state index in [0.29, 0.717) is 69.3 Å². The van der Waals surface area contributed by atoms with Crippen molar-refractivity contribution in [2.45, 2.75) is 90.9 Å². The first-order chi connectivity index (χ1) is 45.5. The van der Waals surface area contributed by atoms with Gasteiger partial charge in [0.05, 0.1) is 0 Å². The van der Waals surface area contributed by atoms with Crippen molar-refractivity contribution in [3.05, 3.63) is 301 Å². The zero-order valence-electron chi connectivity index (χ0n) is 54.1. The van der Waals surface area contributed by atoms with E-state index in [1.54, 1.807) is 146 Å². The number of benzene rings is 10. The van der Waals surface area contributed by atoms with Crippen molar-refractivity contribution in [2.24, 2.45) is 22.7 Å². The first kappa shape index (κ1) is 69.2. The number of para-hydroxylation sites is 6. The van der Waals surface area contributed by atoms with Crippen LogP contribution in [-0.2, 0) is 20.0 Å². The van der Waals surface area contributed by atoms with Crippen LogP contribution in [0.4, 0.5) is 0 Å². The molecule has 2 saturated carbocycles. The third kappa shape index (κ3) is 19.3. The highest BCUT2D eigenvalue weighted by molar-refractivity contribution is 7.82. The van der Waals surface area contributed by atoms with E-state index >= 15 is 0 Å². The molecule has 3 unspecified atom stereocenters. The van der Waals surface area contributed by atoms with E-state index in [0.717, 1.165) is 43.2 Å². The number of phosphoric ester groups is 1. The van der Waals surface area contributed by atoms with E-state index in [4.69, 9.17) is 47.4 Å². The van der Waals surface area contributed by atoms with Gasteiger partial charge < -0.3 is 32.8 Å². The number of hydrogen-bond donors (Lipinski definition) is 3. The van der Waals surface area contributed by atoms with Gasteiger partial charge in [0.1, 0.15) is 40.2 Å². The minimum Gasteiger partial charge on any atom is -0.508 e. The van der Waals surface area contributed by atoms with Crippen molar-refractivity contribution in [1.29, 1.82) is 0 Å². The summed E-state index contributed by atoms with van der Waals surface area (Å²) in [5.74, 6) is 4.80. The first-order valence-corrected chi connectivity index (χ1v) is 37.0. The molecule has 492 valence electrons. The summed E-state index contributed by atoms with van der Waals surface area (Å²) in [5, 5.41) is 19.3. The Morgan fingerprint density at radius 1 is 0.347 bits per heavy atom. The summed E-state index contributed by atoms with van der Waals surface area (Å²) >= 11 is 5.72. The van der Waals surface area contributed by atoms with Gasteiger partial charge in [0.15, 0.2) is 17.2 Å². The molecule has 2 fully saturated rings. The van der Waals surface area contributed by atoms with Gasteiger partial charge in [-0.25, -0.2) is 18.1 Å². The molecule has 0 bridgehead atoms. The Hall–Kier alpha value is -8.66. The van der Waals surface area contributed by atoms with Crippen molar-refractivity contribution in [1.82, 2.24) is 0 Å². The van der Waals surface area contributed by atoms with Crippen molar-refractivity contribution >= 4 is 34.2 Å². The predicted molar refractivity (Wildman–Crippen MR) is 378 cm³/mol. The van der Waals surface area contributed by atoms with Crippen molar-refractivity contribution in [3.8, 4) is 57.5 Å². The number of phosphoric acid groups is 1. The molecule has 2 aliphatic rings. The number of phenolic OH excluding ortho intramolecular Hbond substituents is 2. The molecule has 2 aliphatic carbocycles. The van der Waals surface area contributed by atoms with Gasteiger partial charge in [0.2, 0.25) is 0 Å². The second-order valence-electron chi connectivity index (χ2n) is 26.0. The van der Waals surface area contributed by atoms with Crippen LogP contribution in [-0.4, -0.2) is 15.1 Å². The van der Waals surface area contributed by atoms with E-state index in [-0.39, 0.29) is 21.7 Å². The smallest absolute Gasteiger partial charge is 0.508 e. The maximum absolute atomic E-state index is 14.1. The zero-order valence-corrected chi connectivity index (χ0v) is 57.5. The molecule has 17 heteroatoms. The number of aromatic hydroxyl groups is 2. The van der Waals surface area contributed by atoms with Crippen molar-refractivity contribution < 1.29 is 60.4 Å². The molecular weight excluding hydrogens is 1270 g/mol. The van der Waals surface area contributed by atoms with Gasteiger partial charge in [-0.15, -0.1) is 4.89 Å². The fourth-order valence-electron chi connectivity index (χ4n) is 13.6. The third-order valence-electron chi connectivity index (χ3n) is 16.6. The van der Waals surface area contributed by atoms with E-state index < -0.39 is 22.9 Å². The maximum Gasteiger partial charge on any atom is 0.714 e. The fraction of sp³-hybridized carbons (Fsp3) is 0.231. The molecule has 10 aromatic rings. The Morgan fingerprint density at radius 3 is 0.863 bits per heavy atom. The molecule has 10 aromatic carbocycles. The average Bonchev–Trinajstić information content (AvgIpc) is 0.755. The summed E-state index contributed by atoms with van der Waals surface area (Å²) in [6, 6.07) is 83.8. The molecule has 95 heavy (non-hydrogen) atoms. The molecule has 0 aliphatic heterocycles. The van der Waals surface area contributed by atoms with Crippen LogP contribution < -0.4 is 36.2 Å². The maximum atomic E-state index is 14.1. The van der Waals surface area contributed by atoms with Crippen LogP contribution in [0.2, 0.25) is 0 Å². The molecule has 13 nitrogen and oxygen atoms in total. The fourth-order valence-corrected chi connectivity index (χ4v) is 17.4. The topological polar surface area (TPSA) is 169 Å². The van der Waals surface area contributed by atoms with E-state index in [2.05, 4.69) is 77.9 Å². The largest absolute Gasteiger partial charge is 0.714 e. The molecule has 0 spiro atoms. The molecule has 3 atom stereocenters. The summed E-state index contributed by atoms with van der Waals surface area (Å²) in [7, 11) is -8.07. The number of halogens is 1. The minimum absolute atomic E-state index is 0.0452. The second-order valence-corrected chi connectivity index (χ2v) is 31.4. The molecular formula is C78H81ClO13P3+. The van der Waals surface area contributed by atoms with E-state index in [9.17, 15) is 24.2 Å². The van der Waals surface area contributed by atoms with Crippen molar-refractivity contribution in [3.63, 3.8) is 0 Å². The molecule has 3 N–H and O–H groups in total. The van der Waals surface area contributed by atoms with Gasteiger partial charge >= 0.3 is 22.9 Å². The van der Waals surface area contributed by atoms with Crippen LogP contribution >= 0.6 is 34.2 Å². The third-order valence-corrected chi connectivity index (χ3v) is 20.5. The Balaban J connectivity index is 0.000000199. The summed E-state index contributed by atoms with van der Waals surface area (Å²) in [6.07, 6.45) is 6.29. The Morgan fingerprint density at radius 2 is 0.579 bits per heavy atom. The van der Waals surface area contributed by atoms with Gasteiger partial charge in [-0.3, -0.25) is 0 Å². The number of hydrogen-bond acceptors (Lipinski definition) is 13. The predicted octanol–water partition coefficient (Wildman–Crippen LogP) is 22.4. The Labute approximate surface area is 563 Å². The van der Waals surface area contributed by atoms with Crippen LogP contribution in [0.5, 0.6) is 57.5 Å². The lowest BCUT2D eigenvalue weighted by atomic mass is 9.55. The lowest BCUT2D eigenvalue weighted by Crippen LogP contribution is -2.41. The summed E-state index contributed by atoms with van der Waals surface area (Å²) in [5.41, 5.74) is 4.57. The molecule has 0 saturated heterocycles. The molecule has 0 radical (unpaired) electrons. The first-order valence-electron chi connectivity index (χ1n) is 31.6. The molecule has 12 rings (SSSR count). The van der Waals surface area contributed by atoms with Crippen molar-refractivity contribution in [2.75, 3.05) is 0 Å². The lowest BCUT2D eigenvalue weighted by molar-refractivity contribution is 0.126. The Kier molecular flexibility index (Phi) is 22.1. The quantitative estimate of drug-likeness (QED) is 0.0617. The van der Waals surface area contributed by atoms with Crippen LogP contribution in [0.1, 0.15) is 102 Å². The second kappa shape index (κ2) is 30.4. The standard InChI is InChI=1S/C45H45O8P2.C21H26O2.C12H10ClO3P/c1-35-32-44(2,3)34-45(33-35,36-24-28-42(29-25-36)52-54(46,48-38-16-8-4-9-17-38)49-39-18-10-5-11-19-39)37-26-30-43(31-27-37)53-55(47,50-40-20-12-6-13-21-40)51-41-22-14-7-15-23-41;1-15-12-20(2,3)14-21(13-15,16-4-8-18(22)9-5-16)17-6-10-19(23)11-7-17;13-17(14,15-11-7-3-1-4-8-11)16-12-9-5-2-6-10-12/h4-31,35,46H,32-34H2,1-3H3;4-11,15,22-23H,12-14H2,1-3H3;1-10H/q+1;;. The van der Waals surface area contributed by atoms with E-state index in [1.165, 1.54) is 17.5 Å². The normalized spacial score (nSPS) is 17.9. The zero-order chi connectivity index (χ0) is 67.2. The highest BCUT2D eigenvalue weighted by atomic mass is 35.7. The molecule has 0 heterocycles. The number of rotatable bonds is 20. The lowest BCUT2D eigenvalue weighted by Gasteiger charge is -2.48. The Bertz CT molecular complexity index is 3930. The number of phenols is 2. The van der Waals surface area contributed by atoms with Crippen LogP contribution in [0.3, 0.4) is 0 Å². The average molecular weight is 1350 g/mol. The van der Waals surface area contributed by atoms with Gasteiger partial charge in [-0.05, 0) is 205 Å². The monoisotopic (exact) mass is 1350 g/mol. The van der Waals surface area contributed by atoms with Gasteiger partial charge in [0.25, 0.3) is 0 Å². The van der Waals surface area contributed by atoms with Gasteiger partial charge in [0, 0.05) is 22.1 Å². The minimum atomic E-state index is -4.16. The van der Waals surface area contributed by atoms with Gasteiger partial charge in [-0.2, -0.15) is 4.57 Å².